The van der Waals surface area contributed by atoms with Gasteiger partial charge in [0, 0.05) is 14.3 Å². The fraction of sp³-hybridized carbons (Fsp3) is 0. The highest BCUT2D eigenvalue weighted by atomic mass is 79.9. The summed E-state index contributed by atoms with van der Waals surface area (Å²) in [6, 6.07) is 10.9. The van der Waals surface area contributed by atoms with E-state index in [1.807, 2.05) is 24.3 Å². The molecule has 4 nitrogen and oxygen atoms in total. The molecule has 22 heavy (non-hydrogen) atoms. The zero-order valence-electron chi connectivity index (χ0n) is 11.0. The van der Waals surface area contributed by atoms with E-state index >= 15 is 0 Å². The minimum absolute atomic E-state index is 0.0490. The molecule has 0 saturated heterocycles. The van der Waals surface area contributed by atoms with E-state index in [0.29, 0.717) is 16.8 Å². The number of nitrogens with one attached hydrogen (secondary N) is 1. The molecular weight excluding hydrogens is 412 g/mol. The Balaban J connectivity index is 1.94. The number of aliphatic imine (C=N–C) groups is 1. The van der Waals surface area contributed by atoms with Crippen molar-refractivity contribution in [3.8, 4) is 5.88 Å². The molecule has 0 bridgehead atoms. The van der Waals surface area contributed by atoms with Crippen molar-refractivity contribution in [3.05, 3.63) is 56.5 Å². The number of rotatable bonds is 1. The molecule has 1 aliphatic heterocycles. The molecule has 0 radical (unpaired) electrons. The van der Waals surface area contributed by atoms with E-state index in [2.05, 4.69) is 41.8 Å². The number of hydrogen-bond acceptors (Lipinski definition) is 3. The third-order valence-corrected chi connectivity index (χ3v) is 4.61. The first-order valence-corrected chi connectivity index (χ1v) is 8.06. The minimum Gasteiger partial charge on any atom is -0.494 e. The molecule has 3 aromatic rings. The van der Waals surface area contributed by atoms with Gasteiger partial charge in [0.15, 0.2) is 5.88 Å². The van der Waals surface area contributed by atoms with Crippen LogP contribution in [0.2, 0.25) is 0 Å². The highest BCUT2D eigenvalue weighted by Gasteiger charge is 2.30. The van der Waals surface area contributed by atoms with Gasteiger partial charge in [-0.15, -0.1) is 0 Å². The normalized spacial score (nSPS) is 13.5. The predicted molar refractivity (Wildman–Crippen MR) is 92.3 cm³/mol. The van der Waals surface area contributed by atoms with E-state index in [0.717, 1.165) is 19.8 Å². The van der Waals surface area contributed by atoms with E-state index < -0.39 is 0 Å². The van der Waals surface area contributed by atoms with Crippen molar-refractivity contribution in [2.24, 2.45) is 4.99 Å². The lowest BCUT2D eigenvalue weighted by Gasteiger charge is -1.99. The Morgan fingerprint density at radius 3 is 2.59 bits per heavy atom. The van der Waals surface area contributed by atoms with Crippen molar-refractivity contribution >= 4 is 59.9 Å². The molecule has 0 unspecified atom stereocenters. The first-order valence-electron chi connectivity index (χ1n) is 6.48. The summed E-state index contributed by atoms with van der Waals surface area (Å²) in [6.45, 7) is 0. The maximum Gasteiger partial charge on any atom is 0.214 e. The van der Waals surface area contributed by atoms with Crippen LogP contribution in [0.1, 0.15) is 15.9 Å². The maximum atomic E-state index is 12.6. The Hall–Kier alpha value is -1.92. The van der Waals surface area contributed by atoms with Gasteiger partial charge in [0.2, 0.25) is 5.78 Å². The van der Waals surface area contributed by atoms with Crippen LogP contribution in [0.25, 0.3) is 10.9 Å². The molecule has 2 N–H and O–H groups in total. The first-order chi connectivity index (χ1) is 10.5. The topological polar surface area (TPSA) is 65.4 Å². The van der Waals surface area contributed by atoms with Gasteiger partial charge in [0.05, 0.1) is 22.3 Å². The van der Waals surface area contributed by atoms with Gasteiger partial charge in [-0.25, -0.2) is 4.99 Å². The van der Waals surface area contributed by atoms with Crippen molar-refractivity contribution < 1.29 is 9.90 Å². The minimum atomic E-state index is -0.185. The summed E-state index contributed by atoms with van der Waals surface area (Å²) < 4.78 is 1.71. The summed E-state index contributed by atoms with van der Waals surface area (Å²) in [7, 11) is 0. The van der Waals surface area contributed by atoms with Gasteiger partial charge in [-0.2, -0.15) is 0 Å². The summed E-state index contributed by atoms with van der Waals surface area (Å²) in [5.74, 6) is -0.234. The van der Waals surface area contributed by atoms with Gasteiger partial charge in [0.1, 0.15) is 5.71 Å². The number of aromatic amines is 1. The Morgan fingerprint density at radius 1 is 1.05 bits per heavy atom. The molecule has 1 aromatic heterocycles. The van der Waals surface area contributed by atoms with Crippen LogP contribution in [-0.4, -0.2) is 21.6 Å². The molecule has 2 aromatic carbocycles. The smallest absolute Gasteiger partial charge is 0.214 e. The van der Waals surface area contributed by atoms with Crippen molar-refractivity contribution in [1.82, 2.24) is 4.98 Å². The van der Waals surface area contributed by atoms with E-state index in [-0.39, 0.29) is 17.4 Å². The summed E-state index contributed by atoms with van der Waals surface area (Å²) in [5.41, 5.74) is 2.61. The Bertz CT molecular complexity index is 989. The number of carbonyl (C=O) groups is 1. The average molecular weight is 420 g/mol. The van der Waals surface area contributed by atoms with Gasteiger partial charge in [-0.3, -0.25) is 4.79 Å². The molecule has 108 valence electrons. The number of benzene rings is 2. The lowest BCUT2D eigenvalue weighted by Crippen LogP contribution is -2.10. The largest absolute Gasteiger partial charge is 0.494 e. The highest BCUT2D eigenvalue weighted by Crippen LogP contribution is 2.36. The predicted octanol–water partition coefficient (Wildman–Crippen LogP) is 4.72. The zero-order valence-corrected chi connectivity index (χ0v) is 14.2. The molecule has 0 fully saturated rings. The fourth-order valence-electron chi connectivity index (χ4n) is 2.65. The van der Waals surface area contributed by atoms with Crippen LogP contribution in [-0.2, 0) is 0 Å². The van der Waals surface area contributed by atoms with Crippen molar-refractivity contribution in [1.29, 1.82) is 0 Å². The number of halogens is 2. The molecule has 6 heteroatoms. The third-order valence-electron chi connectivity index (χ3n) is 3.63. The van der Waals surface area contributed by atoms with Gasteiger partial charge >= 0.3 is 0 Å². The molecule has 4 rings (SSSR count). The molecule has 0 aliphatic carbocycles. The summed E-state index contributed by atoms with van der Waals surface area (Å²) in [5, 5.41) is 11.0. The molecule has 0 amide bonds. The van der Waals surface area contributed by atoms with E-state index in [1.165, 1.54) is 0 Å². The lowest BCUT2D eigenvalue weighted by molar-refractivity contribution is 0.107. The summed E-state index contributed by atoms with van der Waals surface area (Å²) in [6.07, 6.45) is 0. The first kappa shape index (κ1) is 13.7. The molecular formula is C16H8Br2N2O2. The van der Waals surface area contributed by atoms with Gasteiger partial charge in [0.25, 0.3) is 0 Å². The Labute approximate surface area is 142 Å². The number of Topliss-reactive ketones (excluding diaryl/α,β-unsaturated/α-hetero) is 1. The number of ketones is 1. The molecule has 0 atom stereocenters. The SMILES string of the molecule is O=C1C(c2c(O)[nH]c3cc(Br)ccc23)=Nc2ccc(Br)cc21. The van der Waals surface area contributed by atoms with E-state index in [9.17, 15) is 9.90 Å². The van der Waals surface area contributed by atoms with Crippen LogP contribution in [0.3, 0.4) is 0 Å². The number of aromatic nitrogens is 1. The van der Waals surface area contributed by atoms with Crippen molar-refractivity contribution in [3.63, 3.8) is 0 Å². The standard InChI is InChI=1S/C16H8Br2N2O2/c17-7-2-4-11-10(5-7)15(21)14(19-11)13-9-3-1-8(18)6-12(9)20-16(13)22/h1-6,20,22H. The van der Waals surface area contributed by atoms with Gasteiger partial charge < -0.3 is 10.1 Å². The molecule has 0 spiro atoms. The van der Waals surface area contributed by atoms with Crippen LogP contribution in [0.15, 0.2) is 50.3 Å². The summed E-state index contributed by atoms with van der Waals surface area (Å²) >= 11 is 6.75. The summed E-state index contributed by atoms with van der Waals surface area (Å²) in [4.78, 5) is 19.9. The van der Waals surface area contributed by atoms with Crippen LogP contribution in [0, 0.1) is 0 Å². The maximum absolute atomic E-state index is 12.6. The number of H-pyrrole nitrogens is 1. The van der Waals surface area contributed by atoms with Crippen LogP contribution >= 0.6 is 31.9 Å². The molecule has 2 heterocycles. The van der Waals surface area contributed by atoms with Gasteiger partial charge in [-0.1, -0.05) is 37.9 Å². The van der Waals surface area contributed by atoms with Crippen LogP contribution in [0.5, 0.6) is 5.88 Å². The van der Waals surface area contributed by atoms with Crippen molar-refractivity contribution in [2.45, 2.75) is 0 Å². The lowest BCUT2D eigenvalue weighted by atomic mass is 10.0. The average Bonchev–Trinajstić information content (AvgIpc) is 2.95. The highest BCUT2D eigenvalue weighted by molar-refractivity contribution is 9.10. The molecule has 1 aliphatic rings. The number of aromatic hydroxyl groups is 1. The monoisotopic (exact) mass is 418 g/mol. The van der Waals surface area contributed by atoms with Gasteiger partial charge in [-0.05, 0) is 30.3 Å². The third kappa shape index (κ3) is 1.94. The van der Waals surface area contributed by atoms with Crippen molar-refractivity contribution in [2.75, 3.05) is 0 Å². The number of fused-ring (bicyclic) bond motifs is 2. The Kier molecular flexibility index (Phi) is 2.99. The quantitative estimate of drug-likeness (QED) is 0.599. The second-order valence-corrected chi connectivity index (χ2v) is 6.82. The van der Waals surface area contributed by atoms with E-state index in [1.54, 1.807) is 12.1 Å². The van der Waals surface area contributed by atoms with Crippen LogP contribution < -0.4 is 0 Å². The molecule has 0 saturated carbocycles. The fourth-order valence-corrected chi connectivity index (χ4v) is 3.37. The number of hydrogen-bond donors (Lipinski definition) is 2. The zero-order chi connectivity index (χ0) is 15.4. The number of nitrogens with zero attached hydrogens (tertiary/aromatic N) is 1. The number of carbonyl (C=O) groups excluding carboxylic acids is 1. The second-order valence-electron chi connectivity index (χ2n) is 4.99. The second kappa shape index (κ2) is 4.79. The van der Waals surface area contributed by atoms with Crippen LogP contribution in [0.4, 0.5) is 5.69 Å². The van der Waals surface area contributed by atoms with E-state index in [4.69, 9.17) is 0 Å². The Morgan fingerprint density at radius 2 is 1.77 bits per heavy atom.